The van der Waals surface area contributed by atoms with Gasteiger partial charge in [-0.2, -0.15) is 0 Å². The second-order valence-corrected chi connectivity index (χ2v) is 7.90. The number of halogens is 1. The molecule has 0 saturated carbocycles. The van der Waals surface area contributed by atoms with Crippen molar-refractivity contribution < 1.29 is 23.3 Å². The van der Waals surface area contributed by atoms with Crippen molar-refractivity contribution in [1.82, 2.24) is 9.97 Å². The number of nitrogens with zero attached hydrogens (tertiary/aromatic N) is 4. The summed E-state index contributed by atoms with van der Waals surface area (Å²) in [6, 6.07) is 10.4. The van der Waals surface area contributed by atoms with Gasteiger partial charge >= 0.3 is 0 Å². The molecular formula is C24H27FN4O4. The Morgan fingerprint density at radius 3 is 2.03 bits per heavy atom. The summed E-state index contributed by atoms with van der Waals surface area (Å²) < 4.78 is 36.0. The molecule has 5 rings (SSSR count). The second-order valence-electron chi connectivity index (χ2n) is 7.90. The number of hydrogen-bond donors (Lipinski definition) is 0. The van der Waals surface area contributed by atoms with E-state index in [4.69, 9.17) is 23.9 Å². The molecule has 2 aliphatic heterocycles. The molecule has 2 aliphatic rings. The molecule has 1 aromatic heterocycles. The molecule has 0 N–H and O–H groups in total. The van der Waals surface area contributed by atoms with E-state index in [0.29, 0.717) is 57.1 Å². The fraction of sp³-hybridized carbons (Fsp3) is 0.417. The van der Waals surface area contributed by atoms with Crippen LogP contribution in [-0.4, -0.2) is 75.8 Å². The van der Waals surface area contributed by atoms with Gasteiger partial charge in [-0.25, -0.2) is 14.4 Å². The van der Waals surface area contributed by atoms with Gasteiger partial charge in [-0.3, -0.25) is 0 Å². The number of ether oxygens (including phenoxy) is 4. The number of piperazine rings is 1. The summed E-state index contributed by atoms with van der Waals surface area (Å²) in [5.74, 6) is 1.75. The van der Waals surface area contributed by atoms with E-state index >= 15 is 0 Å². The SMILES string of the molecule is Fc1ccc(N2CCN(c3ncc4cc5c(cc4n3)OCCOCCOCCO5)CC2)cc1. The summed E-state index contributed by atoms with van der Waals surface area (Å²) in [5.41, 5.74) is 1.83. The Morgan fingerprint density at radius 1 is 0.727 bits per heavy atom. The smallest absolute Gasteiger partial charge is 0.225 e. The van der Waals surface area contributed by atoms with Crippen LogP contribution in [0, 0.1) is 5.82 Å². The van der Waals surface area contributed by atoms with Gasteiger partial charge in [0.1, 0.15) is 19.0 Å². The van der Waals surface area contributed by atoms with Crippen molar-refractivity contribution in [2.45, 2.75) is 0 Å². The molecule has 3 heterocycles. The predicted molar refractivity (Wildman–Crippen MR) is 123 cm³/mol. The lowest BCUT2D eigenvalue weighted by atomic mass is 10.2. The quantitative estimate of drug-likeness (QED) is 0.586. The Hall–Kier alpha value is -3.17. The lowest BCUT2D eigenvalue weighted by Crippen LogP contribution is -2.47. The van der Waals surface area contributed by atoms with Crippen molar-refractivity contribution in [2.75, 3.05) is 75.6 Å². The Kier molecular flexibility index (Phi) is 6.68. The highest BCUT2D eigenvalue weighted by molar-refractivity contribution is 5.83. The summed E-state index contributed by atoms with van der Waals surface area (Å²) in [6.07, 6.45) is 1.82. The fourth-order valence-corrected chi connectivity index (χ4v) is 3.97. The van der Waals surface area contributed by atoms with Crippen molar-refractivity contribution in [1.29, 1.82) is 0 Å². The minimum absolute atomic E-state index is 0.220. The van der Waals surface area contributed by atoms with Gasteiger partial charge in [0, 0.05) is 49.5 Å². The lowest BCUT2D eigenvalue weighted by Gasteiger charge is -2.36. The number of benzene rings is 2. The Bertz CT molecular complexity index is 1070. The van der Waals surface area contributed by atoms with Crippen molar-refractivity contribution in [3.63, 3.8) is 0 Å². The second kappa shape index (κ2) is 10.2. The van der Waals surface area contributed by atoms with Crippen LogP contribution in [-0.2, 0) is 9.47 Å². The highest BCUT2D eigenvalue weighted by Crippen LogP contribution is 2.32. The maximum absolute atomic E-state index is 13.2. The van der Waals surface area contributed by atoms with Crippen molar-refractivity contribution >= 4 is 22.5 Å². The monoisotopic (exact) mass is 454 g/mol. The summed E-state index contributed by atoms with van der Waals surface area (Å²) in [7, 11) is 0. The molecule has 3 aromatic rings. The number of rotatable bonds is 2. The molecule has 33 heavy (non-hydrogen) atoms. The molecule has 9 heteroatoms. The standard InChI is InChI=1S/C24H27FN4O4/c25-19-1-3-20(4-2-19)28-5-7-29(8-6-28)24-26-17-18-15-22-23(16-21(18)27-24)33-14-12-31-10-9-30-11-13-32-22/h1-4,15-17H,5-14H2. The van der Waals surface area contributed by atoms with Crippen LogP contribution in [0.1, 0.15) is 0 Å². The number of aromatic nitrogens is 2. The summed E-state index contributed by atoms with van der Waals surface area (Å²) in [6.45, 7) is 6.10. The molecule has 0 atom stereocenters. The van der Waals surface area contributed by atoms with Crippen LogP contribution in [0.2, 0.25) is 0 Å². The topological polar surface area (TPSA) is 69.2 Å². The number of fused-ring (bicyclic) bond motifs is 2. The van der Waals surface area contributed by atoms with Gasteiger partial charge in [0.05, 0.1) is 31.9 Å². The molecule has 0 radical (unpaired) electrons. The summed E-state index contributed by atoms with van der Waals surface area (Å²) >= 11 is 0. The summed E-state index contributed by atoms with van der Waals surface area (Å²) in [5, 5.41) is 0.885. The normalized spacial score (nSPS) is 18.0. The zero-order chi connectivity index (χ0) is 22.5. The summed E-state index contributed by atoms with van der Waals surface area (Å²) in [4.78, 5) is 13.8. The molecule has 174 valence electrons. The highest BCUT2D eigenvalue weighted by atomic mass is 19.1. The average Bonchev–Trinajstić information content (AvgIpc) is 2.84. The van der Waals surface area contributed by atoms with E-state index in [1.54, 1.807) is 0 Å². The van der Waals surface area contributed by atoms with Crippen LogP contribution < -0.4 is 19.3 Å². The van der Waals surface area contributed by atoms with E-state index in [-0.39, 0.29) is 5.82 Å². The average molecular weight is 455 g/mol. The van der Waals surface area contributed by atoms with Gasteiger partial charge in [-0.05, 0) is 30.3 Å². The number of hydrogen-bond acceptors (Lipinski definition) is 8. The van der Waals surface area contributed by atoms with Crippen LogP contribution in [0.4, 0.5) is 16.0 Å². The van der Waals surface area contributed by atoms with Gasteiger partial charge in [-0.1, -0.05) is 0 Å². The Labute approximate surface area is 191 Å². The minimum Gasteiger partial charge on any atom is -0.487 e. The Morgan fingerprint density at radius 2 is 1.33 bits per heavy atom. The molecule has 0 aliphatic carbocycles. The molecule has 8 nitrogen and oxygen atoms in total. The largest absolute Gasteiger partial charge is 0.487 e. The maximum atomic E-state index is 13.2. The third-order valence-electron chi connectivity index (χ3n) is 5.73. The van der Waals surface area contributed by atoms with E-state index in [9.17, 15) is 4.39 Å². The van der Waals surface area contributed by atoms with Crippen molar-refractivity contribution in [3.05, 3.63) is 48.4 Å². The van der Waals surface area contributed by atoms with Gasteiger partial charge < -0.3 is 28.7 Å². The van der Waals surface area contributed by atoms with Crippen LogP contribution in [0.15, 0.2) is 42.6 Å². The minimum atomic E-state index is -0.220. The van der Waals surface area contributed by atoms with Gasteiger partial charge in [0.2, 0.25) is 5.95 Å². The van der Waals surface area contributed by atoms with Gasteiger partial charge in [0.15, 0.2) is 11.5 Å². The molecule has 1 saturated heterocycles. The third kappa shape index (κ3) is 5.26. The van der Waals surface area contributed by atoms with Crippen molar-refractivity contribution in [2.24, 2.45) is 0 Å². The molecule has 0 amide bonds. The number of anilines is 2. The molecular weight excluding hydrogens is 427 g/mol. The first kappa shape index (κ1) is 21.7. The predicted octanol–water partition coefficient (Wildman–Crippen LogP) is 2.90. The van der Waals surface area contributed by atoms with Crippen LogP contribution >= 0.6 is 0 Å². The highest BCUT2D eigenvalue weighted by Gasteiger charge is 2.20. The van der Waals surface area contributed by atoms with Crippen LogP contribution in [0.3, 0.4) is 0 Å². The van der Waals surface area contributed by atoms with Gasteiger partial charge in [0.25, 0.3) is 0 Å². The van der Waals surface area contributed by atoms with Crippen LogP contribution in [0.5, 0.6) is 11.5 Å². The molecule has 0 unspecified atom stereocenters. The van der Waals surface area contributed by atoms with E-state index in [1.165, 1.54) is 12.1 Å². The zero-order valence-electron chi connectivity index (χ0n) is 18.4. The van der Waals surface area contributed by atoms with E-state index in [1.807, 2.05) is 30.5 Å². The van der Waals surface area contributed by atoms with E-state index in [0.717, 1.165) is 42.8 Å². The first-order valence-electron chi connectivity index (χ1n) is 11.2. The van der Waals surface area contributed by atoms with E-state index < -0.39 is 0 Å². The molecule has 1 fully saturated rings. The molecule has 2 aromatic carbocycles. The molecule has 0 bridgehead atoms. The van der Waals surface area contributed by atoms with E-state index in [2.05, 4.69) is 14.8 Å². The van der Waals surface area contributed by atoms with Gasteiger partial charge in [-0.15, -0.1) is 0 Å². The van der Waals surface area contributed by atoms with Crippen LogP contribution in [0.25, 0.3) is 10.9 Å². The first-order chi connectivity index (χ1) is 16.3. The Balaban J connectivity index is 1.31. The fourth-order valence-electron chi connectivity index (χ4n) is 3.97. The zero-order valence-corrected chi connectivity index (χ0v) is 18.4. The third-order valence-corrected chi connectivity index (χ3v) is 5.73. The molecule has 0 spiro atoms. The van der Waals surface area contributed by atoms with Crippen molar-refractivity contribution in [3.8, 4) is 11.5 Å². The maximum Gasteiger partial charge on any atom is 0.225 e. The lowest BCUT2D eigenvalue weighted by molar-refractivity contribution is 0.0224. The first-order valence-corrected chi connectivity index (χ1v) is 11.2.